The van der Waals surface area contributed by atoms with Gasteiger partial charge in [-0.1, -0.05) is 60.1 Å². The van der Waals surface area contributed by atoms with Gasteiger partial charge < -0.3 is 78.0 Å². The molecule has 2 saturated heterocycles. The monoisotopic (exact) mass is 1010 g/mol. The van der Waals surface area contributed by atoms with E-state index in [4.69, 9.17) is 42.6 Å². The fraction of sp³-hybridized carbons (Fsp3) is 0.882. The summed E-state index contributed by atoms with van der Waals surface area (Å²) in [4.78, 5) is 52.7. The van der Waals surface area contributed by atoms with Gasteiger partial charge in [-0.2, -0.15) is 0 Å². The number of allylic oxidation sites excluding steroid dienone is 2. The molecule has 20 heteroatoms. The number of hydrogen-bond acceptors (Lipinski definition) is 20. The summed E-state index contributed by atoms with van der Waals surface area (Å²) in [6.07, 6.45) is -10.6. The van der Waals surface area contributed by atoms with Gasteiger partial charge in [0.1, 0.15) is 49.3 Å². The number of aliphatic hydroxyl groups is 6. The lowest BCUT2D eigenvalue weighted by molar-refractivity contribution is -0.346. The zero-order chi connectivity index (χ0) is 52.4. The molecule has 2 aliphatic heterocycles. The van der Waals surface area contributed by atoms with Crippen molar-refractivity contribution in [3.8, 4) is 0 Å². The van der Waals surface area contributed by atoms with E-state index < -0.39 is 128 Å². The van der Waals surface area contributed by atoms with Crippen molar-refractivity contribution in [1.82, 2.24) is 0 Å². The third kappa shape index (κ3) is 9.50. The third-order valence-corrected chi connectivity index (χ3v) is 19.1. The number of carbonyl (C=O) groups is 4. The van der Waals surface area contributed by atoms with Gasteiger partial charge in [-0.05, 0) is 109 Å². The number of fused-ring (bicyclic) bond motifs is 7. The average molecular weight is 1010 g/mol. The molecule has 0 radical (unpaired) electrons. The fourth-order valence-electron chi connectivity index (χ4n) is 14.8. The molecule has 0 amide bonds. The molecule has 0 spiro atoms. The highest BCUT2D eigenvalue weighted by Crippen LogP contribution is 2.76. The number of ether oxygens (including phenoxy) is 10. The fourth-order valence-corrected chi connectivity index (χ4v) is 14.8. The lowest BCUT2D eigenvalue weighted by atomic mass is 9.33. The Bertz CT molecular complexity index is 1990. The first-order valence-corrected chi connectivity index (χ1v) is 25.2. The van der Waals surface area contributed by atoms with E-state index in [0.717, 1.165) is 66.3 Å². The first-order chi connectivity index (χ1) is 33.2. The Morgan fingerprint density at radius 1 is 0.746 bits per heavy atom. The van der Waals surface area contributed by atoms with Crippen molar-refractivity contribution in [3.05, 3.63) is 11.6 Å². The third-order valence-electron chi connectivity index (χ3n) is 19.1. The van der Waals surface area contributed by atoms with E-state index in [1.54, 1.807) is 0 Å². The van der Waals surface area contributed by atoms with Crippen LogP contribution in [0.15, 0.2) is 11.6 Å². The predicted molar refractivity (Wildman–Crippen MR) is 246 cm³/mol. The van der Waals surface area contributed by atoms with Crippen molar-refractivity contribution in [3.63, 3.8) is 0 Å². The number of rotatable bonds is 14. The van der Waals surface area contributed by atoms with Crippen molar-refractivity contribution in [2.75, 3.05) is 41.7 Å². The van der Waals surface area contributed by atoms with Crippen LogP contribution >= 0.6 is 0 Å². The van der Waals surface area contributed by atoms with Crippen molar-refractivity contribution in [2.24, 2.45) is 50.2 Å². The maximum Gasteiger partial charge on any atom is 0.340 e. The van der Waals surface area contributed by atoms with E-state index in [9.17, 15) is 49.8 Å². The summed E-state index contributed by atoms with van der Waals surface area (Å²) in [6, 6.07) is 0. The van der Waals surface area contributed by atoms with Crippen LogP contribution < -0.4 is 0 Å². The van der Waals surface area contributed by atoms with Crippen molar-refractivity contribution in [1.29, 1.82) is 0 Å². The second-order valence-corrected chi connectivity index (χ2v) is 23.4. The Balaban J connectivity index is 1.14. The largest absolute Gasteiger partial charge is 0.467 e. The molecule has 71 heavy (non-hydrogen) atoms. The van der Waals surface area contributed by atoms with Crippen LogP contribution in [0.3, 0.4) is 0 Å². The topological polar surface area (TPSA) is 282 Å². The molecular formula is C51H80O20. The van der Waals surface area contributed by atoms with E-state index in [0.29, 0.717) is 19.3 Å². The van der Waals surface area contributed by atoms with Crippen LogP contribution in [-0.4, -0.2) is 176 Å². The highest BCUT2D eigenvalue weighted by molar-refractivity contribution is 5.79. The van der Waals surface area contributed by atoms with Gasteiger partial charge >= 0.3 is 23.9 Å². The molecule has 0 aromatic heterocycles. The molecule has 0 aromatic rings. The maximum atomic E-state index is 14.7. The summed E-state index contributed by atoms with van der Waals surface area (Å²) in [5.74, 6) is -3.07. The molecule has 0 bridgehead atoms. The number of methoxy groups -OCH3 is 4. The second-order valence-electron chi connectivity index (χ2n) is 23.4. The standard InChI is InChI=1S/C51H80O20/c1-46(2)18-20-51(45(61)71-42-34(56)33(55)32(54)27(23-52)67-42)21-19-49(6)25(26(51)22-46)12-13-29-48(5)16-15-30(47(3,4)28(48)14-17-50(29,49)7)68-43-36(58)37(35(57)38(70-43)40(59)64-10)69-44(66-24-31(53)62-8)39(63-9)41(60)65-11/h12,26-30,32-39,42-44,52,54-58H,13-24H2,1-11H3. The molecule has 6 N–H and O–H groups in total. The van der Waals surface area contributed by atoms with Gasteiger partial charge in [-0.25, -0.2) is 14.4 Å². The quantitative estimate of drug-likeness (QED) is 0.0478. The van der Waals surface area contributed by atoms with Gasteiger partial charge in [-0.3, -0.25) is 4.79 Å². The Hall–Kier alpha value is -2.86. The Kier molecular flexibility index (Phi) is 16.3. The predicted octanol–water partition coefficient (Wildman–Crippen LogP) is 2.23. The van der Waals surface area contributed by atoms with Crippen LogP contribution in [0.2, 0.25) is 0 Å². The van der Waals surface area contributed by atoms with Gasteiger partial charge in [0.05, 0.1) is 39.5 Å². The van der Waals surface area contributed by atoms with E-state index >= 15 is 0 Å². The normalized spacial score (nSPS) is 44.4. The molecule has 7 rings (SSSR count). The Morgan fingerprint density at radius 3 is 2.07 bits per heavy atom. The molecular weight excluding hydrogens is 933 g/mol. The summed E-state index contributed by atoms with van der Waals surface area (Å²) in [6.45, 7) is 14.6. The SMILES string of the molecule is COC(=O)COC(OC1C(O)C(OC2CCC3(C)C(CCC4(C)C3CC=C3C5CC(C)(C)CCC5(C(=O)OC5OC(CO)C(O)C(O)C5O)CCC34C)C2(C)C)OC(C(=O)OC)C1O)C(OC)C(=O)OC. The first kappa shape index (κ1) is 55.9. The molecule has 20 atom stereocenters. The van der Waals surface area contributed by atoms with Gasteiger partial charge in [0, 0.05) is 7.11 Å². The van der Waals surface area contributed by atoms with E-state index in [2.05, 4.69) is 59.3 Å². The minimum absolute atomic E-state index is 0.0768. The molecule has 5 aliphatic carbocycles. The summed E-state index contributed by atoms with van der Waals surface area (Å²) in [7, 11) is 4.52. The van der Waals surface area contributed by atoms with Gasteiger partial charge in [-0.15, -0.1) is 0 Å². The summed E-state index contributed by atoms with van der Waals surface area (Å²) in [5.41, 5.74) is -0.926. The van der Waals surface area contributed by atoms with Crippen LogP contribution in [0.4, 0.5) is 0 Å². The summed E-state index contributed by atoms with van der Waals surface area (Å²) >= 11 is 0. The minimum atomic E-state index is -1.86. The molecule has 6 fully saturated rings. The number of carbonyl (C=O) groups excluding carboxylic acids is 4. The number of aliphatic hydroxyl groups excluding tert-OH is 6. The maximum absolute atomic E-state index is 14.7. The number of hydrogen-bond donors (Lipinski definition) is 6. The van der Waals surface area contributed by atoms with E-state index in [-0.39, 0.29) is 39.4 Å². The smallest absolute Gasteiger partial charge is 0.340 e. The van der Waals surface area contributed by atoms with Crippen molar-refractivity contribution in [2.45, 2.75) is 193 Å². The second kappa shape index (κ2) is 20.7. The first-order valence-electron chi connectivity index (χ1n) is 25.2. The van der Waals surface area contributed by atoms with Crippen LogP contribution in [0.25, 0.3) is 0 Å². The lowest BCUT2D eigenvalue weighted by Crippen LogP contribution is -2.66. The van der Waals surface area contributed by atoms with Crippen LogP contribution in [0.1, 0.15) is 113 Å². The summed E-state index contributed by atoms with van der Waals surface area (Å²) < 4.78 is 55.8. The molecule has 2 heterocycles. The van der Waals surface area contributed by atoms with Crippen molar-refractivity contribution >= 4 is 23.9 Å². The van der Waals surface area contributed by atoms with Crippen LogP contribution in [-0.2, 0) is 66.5 Å². The van der Waals surface area contributed by atoms with Gasteiger partial charge in [0.15, 0.2) is 18.7 Å². The van der Waals surface area contributed by atoms with E-state index in [1.807, 2.05) is 0 Å². The summed E-state index contributed by atoms with van der Waals surface area (Å²) in [5, 5.41) is 65.1. The highest BCUT2D eigenvalue weighted by Gasteiger charge is 2.70. The Labute approximate surface area is 416 Å². The van der Waals surface area contributed by atoms with Gasteiger partial charge in [0.2, 0.25) is 12.4 Å². The molecule has 0 aromatic carbocycles. The van der Waals surface area contributed by atoms with Crippen molar-refractivity contribution < 1.29 is 97.2 Å². The lowest BCUT2D eigenvalue weighted by Gasteiger charge is -2.71. The highest BCUT2D eigenvalue weighted by atomic mass is 16.7. The molecule has 4 saturated carbocycles. The molecule has 404 valence electrons. The minimum Gasteiger partial charge on any atom is -0.467 e. The van der Waals surface area contributed by atoms with Crippen LogP contribution in [0.5, 0.6) is 0 Å². The molecule has 7 aliphatic rings. The molecule has 20 unspecified atom stereocenters. The van der Waals surface area contributed by atoms with E-state index in [1.165, 1.54) is 12.7 Å². The number of esters is 4. The van der Waals surface area contributed by atoms with Gasteiger partial charge in [0.25, 0.3) is 0 Å². The zero-order valence-electron chi connectivity index (χ0n) is 43.2. The Morgan fingerprint density at radius 2 is 1.44 bits per heavy atom. The average Bonchev–Trinajstić information content (AvgIpc) is 3.33. The molecule has 20 nitrogen and oxygen atoms in total. The van der Waals surface area contributed by atoms with Crippen LogP contribution in [0, 0.1) is 50.2 Å². The zero-order valence-corrected chi connectivity index (χ0v) is 43.2.